The number of ether oxygens (including phenoxy) is 5. The number of methoxy groups -OCH3 is 2. The van der Waals surface area contributed by atoms with Crippen molar-refractivity contribution >= 4 is 82.1 Å². The highest BCUT2D eigenvalue weighted by molar-refractivity contribution is 8.00. The Morgan fingerprint density at radius 1 is 0.864 bits per heavy atom. The molecule has 1 N–H and O–H groups in total. The van der Waals surface area contributed by atoms with E-state index >= 15 is 0 Å². The summed E-state index contributed by atoms with van der Waals surface area (Å²) in [6.45, 7) is 1.63. The molecule has 0 saturated carbocycles. The molecule has 0 spiro atoms. The molecule has 0 bridgehead atoms. The lowest BCUT2D eigenvalue weighted by Gasteiger charge is -2.52. The second kappa shape index (κ2) is 20.5. The molecule has 5 rings (SSSR count). The summed E-state index contributed by atoms with van der Waals surface area (Å²) < 4.78 is 25.3. The van der Waals surface area contributed by atoms with Gasteiger partial charge in [0.1, 0.15) is 54.4 Å². The normalized spacial score (nSPS) is 18.4. The van der Waals surface area contributed by atoms with Gasteiger partial charge in [-0.15, -0.1) is 11.8 Å². The molecule has 0 aliphatic carbocycles. The summed E-state index contributed by atoms with van der Waals surface area (Å²) in [5, 5.41) is 1.01. The fourth-order valence-corrected chi connectivity index (χ4v) is 8.55. The van der Waals surface area contributed by atoms with E-state index < -0.39 is 81.0 Å². The molecule has 1 fully saturated rings. The third kappa shape index (κ3) is 11.5. The van der Waals surface area contributed by atoms with Crippen LogP contribution in [-0.4, -0.2) is 88.3 Å². The second-order valence-corrected chi connectivity index (χ2v) is 17.5. The number of nitrogens with zero attached hydrogens (tertiary/aromatic N) is 1. The number of rotatable bonds is 18. The van der Waals surface area contributed by atoms with E-state index in [0.29, 0.717) is 29.9 Å². The van der Waals surface area contributed by atoms with Crippen molar-refractivity contribution in [3.05, 3.63) is 107 Å². The first-order chi connectivity index (χ1) is 28.1. The molecule has 59 heavy (non-hydrogen) atoms. The van der Waals surface area contributed by atoms with E-state index in [-0.39, 0.29) is 29.9 Å². The highest BCUT2D eigenvalue weighted by atomic mass is 35.6. The van der Waals surface area contributed by atoms with Crippen LogP contribution in [0.5, 0.6) is 11.5 Å². The number of hydrogen-bond acceptors (Lipinski definition) is 12. The van der Waals surface area contributed by atoms with E-state index in [9.17, 15) is 28.8 Å². The molecule has 2 aliphatic heterocycles. The Bertz CT molecular complexity index is 2040. The van der Waals surface area contributed by atoms with Gasteiger partial charge in [-0.25, -0.2) is 4.79 Å². The zero-order valence-corrected chi connectivity index (χ0v) is 35.7. The van der Waals surface area contributed by atoms with E-state index in [1.54, 1.807) is 36.4 Å². The highest BCUT2D eigenvalue weighted by Gasteiger charge is 2.57. The molecule has 5 atom stereocenters. The summed E-state index contributed by atoms with van der Waals surface area (Å²) in [6.07, 6.45) is 0.860. The molecule has 13 nitrogen and oxygen atoms in total. The minimum absolute atomic E-state index is 0.0842. The Balaban J connectivity index is 1.57. The number of benzene rings is 3. The molecule has 314 valence electrons. The minimum atomic E-state index is -1.99. The molecule has 3 aromatic carbocycles. The van der Waals surface area contributed by atoms with Crippen molar-refractivity contribution in [2.24, 2.45) is 5.92 Å². The number of amides is 2. The first-order valence-corrected chi connectivity index (χ1v) is 20.6. The molecule has 3 aromatic rings. The number of carbonyl (C=O) groups excluding carboxylic acids is 6. The van der Waals surface area contributed by atoms with Gasteiger partial charge in [0.15, 0.2) is 5.78 Å². The summed E-state index contributed by atoms with van der Waals surface area (Å²) in [6, 6.07) is 20.9. The number of thioether (sulfide) groups is 1. The van der Waals surface area contributed by atoms with Gasteiger partial charge in [0, 0.05) is 29.4 Å². The predicted molar refractivity (Wildman–Crippen MR) is 221 cm³/mol. The van der Waals surface area contributed by atoms with E-state index in [1.807, 2.05) is 37.3 Å². The number of alkyl halides is 3. The Kier molecular flexibility index (Phi) is 15.7. The third-order valence-electron chi connectivity index (χ3n) is 9.57. The summed E-state index contributed by atoms with van der Waals surface area (Å²) in [4.78, 5) is 83.7. The monoisotopic (exact) mass is 888 g/mol. The first kappa shape index (κ1) is 45.3. The number of hydrogen-bond donors (Lipinski definition) is 1. The smallest absolute Gasteiger partial charge is 0.355 e. The standard InChI is InChI=1S/C42H43Cl3N2O11S/c1-5-12-30(26-13-8-6-9-14-26)37(50)46-34-38(51)47-35(41(53)57-21-25-17-28(54-3)19-29(18-25)55-4)32(22-56-24(2)48)33(59-39(34)47)20-31(40(52)58-23-42(43,44)45)36(49)27-15-10-7-11-16-27/h6-11,13-19,30-31,33-34,39H,5,12,20-23H2,1-4H3,(H,46,50)/t30?,31?,33?,34?,39-/m0/s1. The van der Waals surface area contributed by atoms with Crippen molar-refractivity contribution in [1.82, 2.24) is 10.2 Å². The van der Waals surface area contributed by atoms with Crippen LogP contribution in [0.2, 0.25) is 0 Å². The molecule has 17 heteroatoms. The lowest BCUT2D eigenvalue weighted by molar-refractivity contribution is -0.154. The molecule has 4 unspecified atom stereocenters. The lowest BCUT2D eigenvalue weighted by atomic mass is 9.89. The van der Waals surface area contributed by atoms with Gasteiger partial charge in [0.05, 0.1) is 20.1 Å². The van der Waals surface area contributed by atoms with Gasteiger partial charge in [0.25, 0.3) is 5.91 Å². The molecule has 0 aromatic heterocycles. The summed E-state index contributed by atoms with van der Waals surface area (Å²) in [5.74, 6) is -5.58. The number of carbonyl (C=O) groups is 6. The molecule has 2 heterocycles. The van der Waals surface area contributed by atoms with Gasteiger partial charge < -0.3 is 29.0 Å². The van der Waals surface area contributed by atoms with Gasteiger partial charge in [-0.05, 0) is 36.1 Å². The maximum absolute atomic E-state index is 14.3. The second-order valence-electron chi connectivity index (χ2n) is 13.7. The van der Waals surface area contributed by atoms with Crippen molar-refractivity contribution in [3.63, 3.8) is 0 Å². The van der Waals surface area contributed by atoms with Crippen LogP contribution in [0, 0.1) is 5.92 Å². The highest BCUT2D eigenvalue weighted by Crippen LogP contribution is 2.47. The van der Waals surface area contributed by atoms with Crippen LogP contribution in [0.15, 0.2) is 90.1 Å². The van der Waals surface area contributed by atoms with Gasteiger partial charge in [-0.3, -0.25) is 28.9 Å². The van der Waals surface area contributed by atoms with Gasteiger partial charge in [-0.1, -0.05) is 109 Å². The maximum atomic E-state index is 14.3. The quantitative estimate of drug-likeness (QED) is 0.0359. The van der Waals surface area contributed by atoms with Crippen molar-refractivity contribution < 1.29 is 52.5 Å². The van der Waals surface area contributed by atoms with E-state index in [2.05, 4.69) is 5.32 Å². The Labute approximate surface area is 360 Å². The van der Waals surface area contributed by atoms with Crippen LogP contribution in [0.3, 0.4) is 0 Å². The topological polar surface area (TPSA) is 164 Å². The Morgan fingerprint density at radius 2 is 1.49 bits per heavy atom. The van der Waals surface area contributed by atoms with Crippen molar-refractivity contribution in [1.29, 1.82) is 0 Å². The van der Waals surface area contributed by atoms with Crippen LogP contribution in [-0.2, 0) is 44.8 Å². The first-order valence-electron chi connectivity index (χ1n) is 18.6. The number of Topliss-reactive ketones (excluding diaryl/α,β-unsaturated/α-hetero) is 1. The number of halogens is 3. The maximum Gasteiger partial charge on any atom is 0.355 e. The van der Waals surface area contributed by atoms with Crippen LogP contribution < -0.4 is 14.8 Å². The van der Waals surface area contributed by atoms with Crippen LogP contribution in [0.4, 0.5) is 0 Å². The molecular weight excluding hydrogens is 847 g/mol. The fraction of sp³-hybridized carbons (Fsp3) is 0.381. The number of ketones is 1. The average Bonchev–Trinajstić information content (AvgIpc) is 3.23. The predicted octanol–water partition coefficient (Wildman–Crippen LogP) is 6.72. The molecule has 0 radical (unpaired) electrons. The molecule has 2 amide bonds. The number of fused-ring (bicyclic) bond motifs is 1. The molecule has 2 aliphatic rings. The average molecular weight is 890 g/mol. The van der Waals surface area contributed by atoms with Crippen LogP contribution >= 0.6 is 46.6 Å². The summed E-state index contributed by atoms with van der Waals surface area (Å²) in [7, 11) is 2.93. The summed E-state index contributed by atoms with van der Waals surface area (Å²) in [5.41, 5.74) is 1.25. The van der Waals surface area contributed by atoms with Crippen LogP contribution in [0.1, 0.15) is 60.5 Å². The molecule has 1 saturated heterocycles. The SMILES string of the molecule is CCCC(C(=O)NC1C(=O)N2C(C(=O)OCc3cc(OC)cc(OC)c3)=C(COC(C)=O)C(CC(C(=O)OCC(Cl)(Cl)Cl)C(=O)c3ccccc3)S[C@@H]12)c1ccccc1. The third-order valence-corrected chi connectivity index (χ3v) is 11.5. The van der Waals surface area contributed by atoms with E-state index in [4.69, 9.17) is 58.5 Å². The van der Waals surface area contributed by atoms with Gasteiger partial charge >= 0.3 is 17.9 Å². The zero-order chi connectivity index (χ0) is 42.9. The van der Waals surface area contributed by atoms with Gasteiger partial charge in [-0.2, -0.15) is 0 Å². The van der Waals surface area contributed by atoms with Crippen molar-refractivity contribution in [2.45, 2.75) is 66.1 Å². The largest absolute Gasteiger partial charge is 0.497 e. The van der Waals surface area contributed by atoms with Gasteiger partial charge in [0.2, 0.25) is 9.70 Å². The number of nitrogens with one attached hydrogen (secondary N) is 1. The van der Waals surface area contributed by atoms with E-state index in [1.165, 1.54) is 31.3 Å². The Hall–Kier alpha value is -4.76. The molecular formula is C42H43Cl3N2O11S. The van der Waals surface area contributed by atoms with Crippen molar-refractivity contribution in [2.75, 3.05) is 27.4 Å². The zero-order valence-electron chi connectivity index (χ0n) is 32.6. The fourth-order valence-electron chi connectivity index (χ4n) is 6.73. The van der Waals surface area contributed by atoms with Crippen LogP contribution in [0.25, 0.3) is 0 Å². The summed E-state index contributed by atoms with van der Waals surface area (Å²) >= 11 is 18.8. The minimum Gasteiger partial charge on any atom is -0.497 e. The number of β-lactam (4-membered cyclic amide) rings is 1. The Morgan fingerprint density at radius 3 is 2.07 bits per heavy atom. The number of esters is 3. The van der Waals surface area contributed by atoms with E-state index in [0.717, 1.165) is 24.2 Å². The van der Waals surface area contributed by atoms with Crippen molar-refractivity contribution in [3.8, 4) is 11.5 Å². The lowest BCUT2D eigenvalue weighted by Crippen LogP contribution is -2.71.